The Morgan fingerprint density at radius 3 is 2.25 bits per heavy atom. The topological polar surface area (TPSA) is 9.23 Å². The molecule has 0 bridgehead atoms. The molecule has 0 saturated heterocycles. The van der Waals surface area contributed by atoms with Crippen molar-refractivity contribution in [1.82, 2.24) is 0 Å². The molecule has 0 aromatic heterocycles. The maximum absolute atomic E-state index is 6.31. The van der Waals surface area contributed by atoms with Crippen LogP contribution in [0.2, 0.25) is 0 Å². The molecule has 1 aliphatic rings. The Morgan fingerprint density at radius 2 is 1.70 bits per heavy atom. The van der Waals surface area contributed by atoms with Crippen LogP contribution in [0.4, 0.5) is 0 Å². The number of benzene rings is 1. The van der Waals surface area contributed by atoms with Crippen molar-refractivity contribution in [3.63, 3.8) is 0 Å². The minimum atomic E-state index is -0.0433. The Hall–Kier alpha value is -0.980. The normalized spacial score (nSPS) is 18.8. The molecule has 0 radical (unpaired) electrons. The van der Waals surface area contributed by atoms with Gasteiger partial charge in [0.1, 0.15) is 11.4 Å². The van der Waals surface area contributed by atoms with E-state index in [1.54, 1.807) is 0 Å². The number of hydrogen-bond acceptors (Lipinski definition) is 1. The second-order valence-electron chi connectivity index (χ2n) is 6.92. The minimum Gasteiger partial charge on any atom is -0.488 e. The van der Waals surface area contributed by atoms with Crippen molar-refractivity contribution in [2.75, 3.05) is 0 Å². The van der Waals surface area contributed by atoms with Gasteiger partial charge in [-0.2, -0.15) is 0 Å². The van der Waals surface area contributed by atoms with Crippen molar-refractivity contribution in [2.45, 2.75) is 77.7 Å². The molecule has 1 aromatic carbocycles. The fourth-order valence-electron chi connectivity index (χ4n) is 3.28. The molecule has 0 N–H and O–H groups in total. The third-order valence-corrected chi connectivity index (χ3v) is 5.03. The third-order valence-electron chi connectivity index (χ3n) is 5.03. The molecular formula is C19H30O. The zero-order valence-corrected chi connectivity index (χ0v) is 13.6. The first-order chi connectivity index (χ1) is 9.53. The van der Waals surface area contributed by atoms with E-state index in [-0.39, 0.29) is 5.60 Å². The average molecular weight is 274 g/mol. The summed E-state index contributed by atoms with van der Waals surface area (Å²) in [7, 11) is 0. The Bertz CT molecular complexity index is 398. The van der Waals surface area contributed by atoms with E-state index in [2.05, 4.69) is 52.0 Å². The second-order valence-corrected chi connectivity index (χ2v) is 6.92. The van der Waals surface area contributed by atoms with Gasteiger partial charge < -0.3 is 4.74 Å². The second kappa shape index (κ2) is 6.65. The standard InChI is InChI=1S/C19H30O/c1-5-15(2)16-11-13-18(14-12-16)20-19(3,4)17-9-7-6-8-10-17/h11-15,17H,5-10H2,1-4H3. The van der Waals surface area contributed by atoms with Crippen molar-refractivity contribution in [2.24, 2.45) is 5.92 Å². The van der Waals surface area contributed by atoms with E-state index in [0.717, 1.165) is 5.75 Å². The molecule has 112 valence electrons. The van der Waals surface area contributed by atoms with E-state index in [0.29, 0.717) is 11.8 Å². The van der Waals surface area contributed by atoms with Gasteiger partial charge in [-0.15, -0.1) is 0 Å². The van der Waals surface area contributed by atoms with Gasteiger partial charge in [0.15, 0.2) is 0 Å². The van der Waals surface area contributed by atoms with Gasteiger partial charge in [0.25, 0.3) is 0 Å². The van der Waals surface area contributed by atoms with Crippen LogP contribution in [0.25, 0.3) is 0 Å². The van der Waals surface area contributed by atoms with Crippen LogP contribution in [0.3, 0.4) is 0 Å². The van der Waals surface area contributed by atoms with Crippen molar-refractivity contribution in [3.8, 4) is 5.75 Å². The summed E-state index contributed by atoms with van der Waals surface area (Å²) in [5, 5.41) is 0. The highest BCUT2D eigenvalue weighted by atomic mass is 16.5. The largest absolute Gasteiger partial charge is 0.488 e. The molecule has 1 fully saturated rings. The Morgan fingerprint density at radius 1 is 1.10 bits per heavy atom. The van der Waals surface area contributed by atoms with Crippen molar-refractivity contribution < 1.29 is 4.74 Å². The van der Waals surface area contributed by atoms with Crippen LogP contribution >= 0.6 is 0 Å². The van der Waals surface area contributed by atoms with Gasteiger partial charge >= 0.3 is 0 Å². The molecule has 0 heterocycles. The lowest BCUT2D eigenvalue weighted by molar-refractivity contribution is 0.0252. The Balaban J connectivity index is 2.01. The lowest BCUT2D eigenvalue weighted by atomic mass is 9.79. The van der Waals surface area contributed by atoms with Gasteiger partial charge in [-0.05, 0) is 62.6 Å². The van der Waals surface area contributed by atoms with Crippen LogP contribution in [-0.2, 0) is 0 Å². The van der Waals surface area contributed by atoms with E-state index >= 15 is 0 Å². The fourth-order valence-corrected chi connectivity index (χ4v) is 3.28. The summed E-state index contributed by atoms with van der Waals surface area (Å²) in [6.07, 6.45) is 7.95. The first-order valence-corrected chi connectivity index (χ1v) is 8.32. The molecule has 1 atom stereocenters. The van der Waals surface area contributed by atoms with Crippen molar-refractivity contribution in [1.29, 1.82) is 0 Å². The molecule has 20 heavy (non-hydrogen) atoms. The van der Waals surface area contributed by atoms with E-state index in [4.69, 9.17) is 4.74 Å². The third kappa shape index (κ3) is 3.77. The van der Waals surface area contributed by atoms with E-state index in [1.165, 1.54) is 44.1 Å². The van der Waals surface area contributed by atoms with E-state index in [1.807, 2.05) is 0 Å². The molecule has 0 aliphatic heterocycles. The van der Waals surface area contributed by atoms with Crippen LogP contribution in [0, 0.1) is 5.92 Å². The summed E-state index contributed by atoms with van der Waals surface area (Å²) in [5.74, 6) is 2.36. The fraction of sp³-hybridized carbons (Fsp3) is 0.684. The molecule has 2 rings (SSSR count). The van der Waals surface area contributed by atoms with Crippen LogP contribution in [0.1, 0.15) is 77.7 Å². The summed E-state index contributed by atoms with van der Waals surface area (Å²) >= 11 is 0. The predicted octanol–water partition coefficient (Wildman–Crippen LogP) is 5.94. The summed E-state index contributed by atoms with van der Waals surface area (Å²) < 4.78 is 6.31. The van der Waals surface area contributed by atoms with Crippen LogP contribution in [-0.4, -0.2) is 5.60 Å². The molecule has 0 amide bonds. The Kier molecular flexibility index (Phi) is 5.12. The molecule has 1 unspecified atom stereocenters. The highest BCUT2D eigenvalue weighted by Crippen LogP contribution is 2.35. The number of ether oxygens (including phenoxy) is 1. The summed E-state index contributed by atoms with van der Waals surface area (Å²) in [6.45, 7) is 9.03. The maximum atomic E-state index is 6.31. The average Bonchev–Trinajstić information content (AvgIpc) is 2.48. The lowest BCUT2D eigenvalue weighted by Crippen LogP contribution is -2.38. The van der Waals surface area contributed by atoms with Crippen LogP contribution in [0.5, 0.6) is 5.75 Å². The monoisotopic (exact) mass is 274 g/mol. The predicted molar refractivity (Wildman–Crippen MR) is 86.4 cm³/mol. The van der Waals surface area contributed by atoms with Gasteiger partial charge in [0.05, 0.1) is 0 Å². The van der Waals surface area contributed by atoms with Gasteiger partial charge in [0.2, 0.25) is 0 Å². The van der Waals surface area contributed by atoms with Crippen molar-refractivity contribution >= 4 is 0 Å². The minimum absolute atomic E-state index is 0.0433. The van der Waals surface area contributed by atoms with Crippen LogP contribution in [0.15, 0.2) is 24.3 Å². The molecule has 0 spiro atoms. The van der Waals surface area contributed by atoms with Gasteiger partial charge in [-0.3, -0.25) is 0 Å². The van der Waals surface area contributed by atoms with Gasteiger partial charge in [-0.25, -0.2) is 0 Å². The van der Waals surface area contributed by atoms with E-state index in [9.17, 15) is 0 Å². The maximum Gasteiger partial charge on any atom is 0.120 e. The Labute approximate surface area is 124 Å². The molecule has 1 heteroatoms. The van der Waals surface area contributed by atoms with Gasteiger partial charge in [0, 0.05) is 0 Å². The molecular weight excluding hydrogens is 244 g/mol. The van der Waals surface area contributed by atoms with E-state index < -0.39 is 0 Å². The number of hydrogen-bond donors (Lipinski definition) is 0. The summed E-state index contributed by atoms with van der Waals surface area (Å²) in [5.41, 5.74) is 1.37. The summed E-state index contributed by atoms with van der Waals surface area (Å²) in [6, 6.07) is 8.74. The zero-order valence-electron chi connectivity index (χ0n) is 13.6. The molecule has 1 aliphatic carbocycles. The molecule has 1 aromatic rings. The highest BCUT2D eigenvalue weighted by molar-refractivity contribution is 5.29. The van der Waals surface area contributed by atoms with Crippen LogP contribution < -0.4 is 4.74 Å². The quantitative estimate of drug-likeness (QED) is 0.646. The SMILES string of the molecule is CCC(C)c1ccc(OC(C)(C)C2CCCCC2)cc1. The first-order valence-electron chi connectivity index (χ1n) is 8.32. The molecule has 1 nitrogen and oxygen atoms in total. The van der Waals surface area contributed by atoms with Crippen molar-refractivity contribution in [3.05, 3.63) is 29.8 Å². The zero-order chi connectivity index (χ0) is 14.6. The smallest absolute Gasteiger partial charge is 0.120 e. The highest BCUT2D eigenvalue weighted by Gasteiger charge is 2.32. The summed E-state index contributed by atoms with van der Waals surface area (Å²) in [4.78, 5) is 0. The number of rotatable bonds is 5. The van der Waals surface area contributed by atoms with Gasteiger partial charge in [-0.1, -0.05) is 45.2 Å². The molecule has 1 saturated carbocycles. The lowest BCUT2D eigenvalue weighted by Gasteiger charge is -2.37. The first kappa shape index (κ1) is 15.4.